The lowest BCUT2D eigenvalue weighted by molar-refractivity contribution is -0.113. The number of amides is 1. The van der Waals surface area contributed by atoms with E-state index in [1.165, 1.54) is 12.1 Å². The molecule has 0 aliphatic rings. The molecule has 1 N–H and O–H groups in total. The minimum Gasteiger partial charge on any atom is -0.324 e. The van der Waals surface area contributed by atoms with E-state index in [1.807, 2.05) is 0 Å². The molecule has 0 saturated carbocycles. The van der Waals surface area contributed by atoms with Gasteiger partial charge in [-0.1, -0.05) is 18.2 Å². The van der Waals surface area contributed by atoms with Crippen LogP contribution in [0.25, 0.3) is 0 Å². The molecule has 4 nitrogen and oxygen atoms in total. The number of carbonyl (C=O) groups excluding carboxylic acids is 1. The van der Waals surface area contributed by atoms with Crippen molar-refractivity contribution in [3.63, 3.8) is 0 Å². The summed E-state index contributed by atoms with van der Waals surface area (Å²) in [6.45, 7) is 0. The predicted molar refractivity (Wildman–Crippen MR) is 81.2 cm³/mol. The SMILES string of the molecule is O=C(CS(=O)(=O)c1cccc(F)c1)Nc1ccccc1Br. The molecule has 0 aromatic heterocycles. The van der Waals surface area contributed by atoms with Crippen molar-refractivity contribution in [2.45, 2.75) is 4.90 Å². The summed E-state index contributed by atoms with van der Waals surface area (Å²) in [5, 5.41) is 2.49. The Morgan fingerprint density at radius 3 is 2.52 bits per heavy atom. The maximum absolute atomic E-state index is 13.1. The van der Waals surface area contributed by atoms with Gasteiger partial charge in [0.1, 0.15) is 11.6 Å². The Labute approximate surface area is 130 Å². The van der Waals surface area contributed by atoms with Crippen molar-refractivity contribution in [1.82, 2.24) is 0 Å². The van der Waals surface area contributed by atoms with E-state index >= 15 is 0 Å². The highest BCUT2D eigenvalue weighted by Crippen LogP contribution is 2.21. The van der Waals surface area contributed by atoms with Gasteiger partial charge in [-0.25, -0.2) is 12.8 Å². The standard InChI is InChI=1S/C14H11BrFNO3S/c15-12-6-1-2-7-13(12)17-14(18)9-21(19,20)11-5-3-4-10(16)8-11/h1-8H,9H2,(H,17,18). The van der Waals surface area contributed by atoms with Crippen molar-refractivity contribution < 1.29 is 17.6 Å². The van der Waals surface area contributed by atoms with Gasteiger partial charge in [0, 0.05) is 4.47 Å². The Kier molecular flexibility index (Phi) is 4.74. The summed E-state index contributed by atoms with van der Waals surface area (Å²) in [4.78, 5) is 11.6. The fourth-order valence-corrected chi connectivity index (χ4v) is 3.21. The van der Waals surface area contributed by atoms with E-state index in [2.05, 4.69) is 21.2 Å². The Hall–Kier alpha value is -1.73. The fraction of sp³-hybridized carbons (Fsp3) is 0.0714. The van der Waals surface area contributed by atoms with E-state index in [9.17, 15) is 17.6 Å². The summed E-state index contributed by atoms with van der Waals surface area (Å²) in [5.41, 5.74) is 0.469. The van der Waals surface area contributed by atoms with Crippen LogP contribution in [-0.4, -0.2) is 20.1 Å². The number of hydrogen-bond donors (Lipinski definition) is 1. The van der Waals surface area contributed by atoms with Gasteiger partial charge in [0.05, 0.1) is 10.6 Å². The Balaban J connectivity index is 2.14. The molecular formula is C14H11BrFNO3S. The second kappa shape index (κ2) is 6.36. The Bertz CT molecular complexity index is 777. The number of hydrogen-bond acceptors (Lipinski definition) is 3. The topological polar surface area (TPSA) is 63.2 Å². The zero-order valence-electron chi connectivity index (χ0n) is 10.7. The van der Waals surface area contributed by atoms with Crippen molar-refractivity contribution in [1.29, 1.82) is 0 Å². The van der Waals surface area contributed by atoms with Crippen LogP contribution < -0.4 is 5.32 Å². The van der Waals surface area contributed by atoms with Gasteiger partial charge in [0.25, 0.3) is 0 Å². The van der Waals surface area contributed by atoms with Crippen LogP contribution in [0.3, 0.4) is 0 Å². The lowest BCUT2D eigenvalue weighted by Gasteiger charge is -2.08. The lowest BCUT2D eigenvalue weighted by Crippen LogP contribution is -2.23. The van der Waals surface area contributed by atoms with E-state index in [0.29, 0.717) is 10.2 Å². The van der Waals surface area contributed by atoms with Crippen LogP contribution in [0.15, 0.2) is 57.9 Å². The molecule has 2 aromatic rings. The number of para-hydroxylation sites is 1. The first-order valence-electron chi connectivity index (χ1n) is 5.91. The Morgan fingerprint density at radius 1 is 1.14 bits per heavy atom. The molecule has 110 valence electrons. The third-order valence-electron chi connectivity index (χ3n) is 2.62. The van der Waals surface area contributed by atoms with Crippen LogP contribution in [-0.2, 0) is 14.6 Å². The van der Waals surface area contributed by atoms with Crippen LogP contribution in [0.4, 0.5) is 10.1 Å². The summed E-state index contributed by atoms with van der Waals surface area (Å²) in [7, 11) is -3.88. The normalized spacial score (nSPS) is 11.1. The van der Waals surface area contributed by atoms with Crippen LogP contribution >= 0.6 is 15.9 Å². The third-order valence-corrected chi connectivity index (χ3v) is 4.93. The maximum atomic E-state index is 13.1. The summed E-state index contributed by atoms with van der Waals surface area (Å²) in [6.07, 6.45) is 0. The quantitative estimate of drug-likeness (QED) is 0.898. The number of halogens is 2. The zero-order chi connectivity index (χ0) is 15.5. The molecule has 21 heavy (non-hydrogen) atoms. The van der Waals surface area contributed by atoms with E-state index in [1.54, 1.807) is 24.3 Å². The lowest BCUT2D eigenvalue weighted by atomic mass is 10.3. The van der Waals surface area contributed by atoms with Gasteiger partial charge in [-0.3, -0.25) is 4.79 Å². The molecule has 0 fully saturated rings. The first kappa shape index (κ1) is 15.7. The molecule has 0 radical (unpaired) electrons. The van der Waals surface area contributed by atoms with Crippen LogP contribution in [0.1, 0.15) is 0 Å². The predicted octanol–water partition coefficient (Wildman–Crippen LogP) is 3.00. The minimum absolute atomic E-state index is 0.218. The van der Waals surface area contributed by atoms with Crippen LogP contribution in [0.2, 0.25) is 0 Å². The van der Waals surface area contributed by atoms with E-state index in [0.717, 1.165) is 12.1 Å². The molecule has 1 amide bonds. The molecule has 2 rings (SSSR count). The summed E-state index contributed by atoms with van der Waals surface area (Å²) in [6, 6.07) is 11.4. The highest BCUT2D eigenvalue weighted by Gasteiger charge is 2.20. The molecule has 0 spiro atoms. The highest BCUT2D eigenvalue weighted by atomic mass is 79.9. The second-order valence-corrected chi connectivity index (χ2v) is 7.09. The number of nitrogens with one attached hydrogen (secondary N) is 1. The van der Waals surface area contributed by atoms with Crippen LogP contribution in [0, 0.1) is 5.82 Å². The number of benzene rings is 2. The number of sulfone groups is 1. The molecule has 0 aliphatic heterocycles. The van der Waals surface area contributed by atoms with E-state index in [-0.39, 0.29) is 4.90 Å². The monoisotopic (exact) mass is 371 g/mol. The van der Waals surface area contributed by atoms with Crippen molar-refractivity contribution in [2.24, 2.45) is 0 Å². The van der Waals surface area contributed by atoms with Gasteiger partial charge in [0.15, 0.2) is 9.84 Å². The highest BCUT2D eigenvalue weighted by molar-refractivity contribution is 9.10. The van der Waals surface area contributed by atoms with Crippen molar-refractivity contribution >= 4 is 37.4 Å². The van der Waals surface area contributed by atoms with Crippen molar-refractivity contribution in [3.05, 3.63) is 58.8 Å². The fourth-order valence-electron chi connectivity index (χ4n) is 1.67. The van der Waals surface area contributed by atoms with Gasteiger partial charge in [-0.2, -0.15) is 0 Å². The summed E-state index contributed by atoms with van der Waals surface area (Å²) >= 11 is 3.25. The molecule has 2 aromatic carbocycles. The van der Waals surface area contributed by atoms with E-state index in [4.69, 9.17) is 0 Å². The summed E-state index contributed by atoms with van der Waals surface area (Å²) < 4.78 is 37.8. The number of anilines is 1. The van der Waals surface area contributed by atoms with Crippen molar-refractivity contribution in [2.75, 3.05) is 11.1 Å². The maximum Gasteiger partial charge on any atom is 0.239 e. The molecular weight excluding hydrogens is 361 g/mol. The average molecular weight is 372 g/mol. The van der Waals surface area contributed by atoms with Crippen molar-refractivity contribution in [3.8, 4) is 0 Å². The van der Waals surface area contributed by atoms with Gasteiger partial charge in [0.2, 0.25) is 5.91 Å². The first-order valence-corrected chi connectivity index (χ1v) is 8.36. The van der Waals surface area contributed by atoms with E-state index < -0.39 is 27.3 Å². The minimum atomic E-state index is -3.88. The van der Waals surface area contributed by atoms with Gasteiger partial charge < -0.3 is 5.32 Å². The third kappa shape index (κ3) is 4.12. The smallest absolute Gasteiger partial charge is 0.239 e. The zero-order valence-corrected chi connectivity index (χ0v) is 13.1. The molecule has 0 heterocycles. The molecule has 0 aliphatic carbocycles. The van der Waals surface area contributed by atoms with Gasteiger partial charge in [-0.05, 0) is 46.3 Å². The largest absolute Gasteiger partial charge is 0.324 e. The van der Waals surface area contributed by atoms with Crippen LogP contribution in [0.5, 0.6) is 0 Å². The molecule has 7 heteroatoms. The molecule has 0 unspecified atom stereocenters. The number of rotatable bonds is 4. The molecule has 0 saturated heterocycles. The summed E-state index contributed by atoms with van der Waals surface area (Å²) in [5.74, 6) is -2.11. The second-order valence-electron chi connectivity index (χ2n) is 4.24. The molecule has 0 atom stereocenters. The Morgan fingerprint density at radius 2 is 1.86 bits per heavy atom. The number of carbonyl (C=O) groups is 1. The average Bonchev–Trinajstić information content (AvgIpc) is 2.41. The molecule has 0 bridgehead atoms. The van der Waals surface area contributed by atoms with Gasteiger partial charge in [-0.15, -0.1) is 0 Å². The first-order chi connectivity index (χ1) is 9.88. The van der Waals surface area contributed by atoms with Gasteiger partial charge >= 0.3 is 0 Å².